The number of halogens is 2. The van der Waals surface area contributed by atoms with Gasteiger partial charge in [0.1, 0.15) is 17.2 Å². The maximum Gasteiger partial charge on any atom is 0.228 e. The minimum atomic E-state index is 0.209. The van der Waals surface area contributed by atoms with E-state index >= 15 is 0 Å². The molecule has 2 aromatic rings. The van der Waals surface area contributed by atoms with E-state index in [0.717, 1.165) is 5.56 Å². The van der Waals surface area contributed by atoms with Crippen LogP contribution in [0.4, 0.5) is 0 Å². The lowest BCUT2D eigenvalue weighted by atomic mass is 10.2. The number of nitrogens with zero attached hydrogens (tertiary/aromatic N) is 2. The number of aromatic nitrogens is 2. The molecule has 2 rings (SSSR count). The molecule has 0 fully saturated rings. The Morgan fingerprint density at radius 1 is 1.18 bits per heavy atom. The molecule has 0 saturated heterocycles. The summed E-state index contributed by atoms with van der Waals surface area (Å²) in [6, 6.07) is 7.64. The van der Waals surface area contributed by atoms with Gasteiger partial charge in [0.05, 0.1) is 11.4 Å². The average molecular weight is 269 g/mol. The van der Waals surface area contributed by atoms with Crippen LogP contribution in [0, 0.1) is 6.92 Å². The Labute approximate surface area is 109 Å². The van der Waals surface area contributed by atoms with Crippen molar-refractivity contribution in [1.82, 2.24) is 9.97 Å². The fraction of sp³-hybridized carbons (Fsp3) is 0.167. The van der Waals surface area contributed by atoms with Gasteiger partial charge >= 0.3 is 0 Å². The van der Waals surface area contributed by atoms with Crippen LogP contribution >= 0.6 is 23.2 Å². The van der Waals surface area contributed by atoms with Crippen molar-refractivity contribution in [3.8, 4) is 11.6 Å². The number of alkyl halides is 1. The summed E-state index contributed by atoms with van der Waals surface area (Å²) in [6.07, 6.45) is 1.35. The summed E-state index contributed by atoms with van der Waals surface area (Å²) in [5.41, 5.74) is 1.76. The molecule has 1 aromatic heterocycles. The minimum Gasteiger partial charge on any atom is -0.439 e. The number of rotatable bonds is 3. The van der Waals surface area contributed by atoms with Crippen LogP contribution in [0.25, 0.3) is 0 Å². The van der Waals surface area contributed by atoms with Crippen molar-refractivity contribution in [1.29, 1.82) is 0 Å². The van der Waals surface area contributed by atoms with Gasteiger partial charge in [0.2, 0.25) is 5.88 Å². The lowest BCUT2D eigenvalue weighted by Gasteiger charge is -2.08. The second kappa shape index (κ2) is 5.34. The maximum absolute atomic E-state index is 5.91. The van der Waals surface area contributed by atoms with Crippen LogP contribution < -0.4 is 4.74 Å². The predicted molar refractivity (Wildman–Crippen MR) is 67.9 cm³/mol. The first-order valence-electron chi connectivity index (χ1n) is 5.00. The SMILES string of the molecule is Cc1ccc(Oc2ncnc(Cl)c2CCl)cc1. The van der Waals surface area contributed by atoms with Gasteiger partial charge in [-0.1, -0.05) is 29.3 Å². The molecule has 1 heterocycles. The van der Waals surface area contributed by atoms with Crippen LogP contribution in [0.2, 0.25) is 5.15 Å². The average Bonchev–Trinajstić information content (AvgIpc) is 2.32. The van der Waals surface area contributed by atoms with E-state index in [1.165, 1.54) is 6.33 Å². The zero-order valence-electron chi connectivity index (χ0n) is 9.15. The zero-order chi connectivity index (χ0) is 12.3. The van der Waals surface area contributed by atoms with Gasteiger partial charge in [-0.25, -0.2) is 9.97 Å². The van der Waals surface area contributed by atoms with Crippen LogP contribution in [0.1, 0.15) is 11.1 Å². The summed E-state index contributed by atoms with van der Waals surface area (Å²) in [6.45, 7) is 2.01. The van der Waals surface area contributed by atoms with E-state index in [0.29, 0.717) is 22.3 Å². The second-order valence-corrected chi connectivity index (χ2v) is 4.12. The Bertz CT molecular complexity index is 514. The second-order valence-electron chi connectivity index (χ2n) is 3.50. The predicted octanol–water partition coefficient (Wildman–Crippen LogP) is 3.97. The largest absolute Gasteiger partial charge is 0.439 e. The topological polar surface area (TPSA) is 35.0 Å². The van der Waals surface area contributed by atoms with Gasteiger partial charge in [0.15, 0.2) is 0 Å². The molecule has 0 saturated carbocycles. The molecule has 0 unspecified atom stereocenters. The van der Waals surface area contributed by atoms with Crippen LogP contribution in [0.5, 0.6) is 11.6 Å². The highest BCUT2D eigenvalue weighted by Crippen LogP contribution is 2.28. The maximum atomic E-state index is 5.91. The number of aryl methyl sites for hydroxylation is 1. The van der Waals surface area contributed by atoms with Gasteiger partial charge in [-0.3, -0.25) is 0 Å². The Hall–Kier alpha value is -1.32. The summed E-state index contributed by atoms with van der Waals surface area (Å²) >= 11 is 11.7. The Balaban J connectivity index is 2.29. The van der Waals surface area contributed by atoms with Gasteiger partial charge in [0, 0.05) is 0 Å². The van der Waals surface area contributed by atoms with Gasteiger partial charge < -0.3 is 4.74 Å². The molecule has 88 valence electrons. The van der Waals surface area contributed by atoms with E-state index in [1.54, 1.807) is 0 Å². The zero-order valence-corrected chi connectivity index (χ0v) is 10.7. The fourth-order valence-electron chi connectivity index (χ4n) is 1.29. The van der Waals surface area contributed by atoms with Crippen LogP contribution in [0.15, 0.2) is 30.6 Å². The molecule has 0 aliphatic rings. The van der Waals surface area contributed by atoms with Crippen molar-refractivity contribution >= 4 is 23.2 Å². The molecule has 0 atom stereocenters. The summed E-state index contributed by atoms with van der Waals surface area (Å²) < 4.78 is 5.62. The molecule has 0 aliphatic carbocycles. The number of ether oxygens (including phenoxy) is 1. The molecule has 3 nitrogen and oxygen atoms in total. The molecule has 0 amide bonds. The van der Waals surface area contributed by atoms with Crippen molar-refractivity contribution in [2.45, 2.75) is 12.8 Å². The highest BCUT2D eigenvalue weighted by Gasteiger charge is 2.10. The van der Waals surface area contributed by atoms with E-state index < -0.39 is 0 Å². The van der Waals surface area contributed by atoms with Gasteiger partial charge in [-0.15, -0.1) is 11.6 Å². The lowest BCUT2D eigenvalue weighted by molar-refractivity contribution is 0.456. The van der Waals surface area contributed by atoms with E-state index in [1.807, 2.05) is 31.2 Å². The summed E-state index contributed by atoms with van der Waals surface area (Å²) in [5.74, 6) is 1.29. The van der Waals surface area contributed by atoms with E-state index in [4.69, 9.17) is 27.9 Å². The third-order valence-corrected chi connectivity index (χ3v) is 2.82. The smallest absolute Gasteiger partial charge is 0.228 e. The van der Waals surface area contributed by atoms with Crippen molar-refractivity contribution in [3.05, 3.63) is 46.9 Å². The van der Waals surface area contributed by atoms with Crippen molar-refractivity contribution in [2.24, 2.45) is 0 Å². The molecule has 0 radical (unpaired) electrons. The molecule has 0 N–H and O–H groups in total. The molecule has 1 aromatic carbocycles. The molecular weight excluding hydrogens is 259 g/mol. The van der Waals surface area contributed by atoms with Gasteiger partial charge in [0.25, 0.3) is 0 Å². The standard InChI is InChI=1S/C12H10Cl2N2O/c1-8-2-4-9(5-3-8)17-12-10(6-13)11(14)15-7-16-12/h2-5,7H,6H2,1H3. The normalized spacial score (nSPS) is 10.3. The summed E-state index contributed by atoms with van der Waals surface area (Å²) in [5, 5.41) is 0.317. The number of hydrogen-bond acceptors (Lipinski definition) is 3. The van der Waals surface area contributed by atoms with Crippen molar-refractivity contribution in [2.75, 3.05) is 0 Å². The molecule has 0 bridgehead atoms. The van der Waals surface area contributed by atoms with Crippen LogP contribution in [-0.4, -0.2) is 9.97 Å². The first-order valence-corrected chi connectivity index (χ1v) is 5.92. The van der Waals surface area contributed by atoms with E-state index in [9.17, 15) is 0 Å². The van der Waals surface area contributed by atoms with E-state index in [-0.39, 0.29) is 5.88 Å². The molecule has 17 heavy (non-hydrogen) atoms. The monoisotopic (exact) mass is 268 g/mol. The quantitative estimate of drug-likeness (QED) is 0.624. The molecular formula is C12H10Cl2N2O. The Morgan fingerprint density at radius 2 is 1.88 bits per heavy atom. The molecule has 0 aliphatic heterocycles. The third-order valence-electron chi connectivity index (χ3n) is 2.22. The lowest BCUT2D eigenvalue weighted by Crippen LogP contribution is -1.95. The van der Waals surface area contributed by atoms with Gasteiger partial charge in [-0.2, -0.15) is 0 Å². The first kappa shape index (κ1) is 12.1. The fourth-order valence-corrected chi connectivity index (χ4v) is 1.79. The number of benzene rings is 1. The van der Waals surface area contributed by atoms with Crippen molar-refractivity contribution in [3.63, 3.8) is 0 Å². The first-order chi connectivity index (χ1) is 8.20. The van der Waals surface area contributed by atoms with E-state index in [2.05, 4.69) is 9.97 Å². The Kier molecular flexibility index (Phi) is 3.82. The highest BCUT2D eigenvalue weighted by atomic mass is 35.5. The summed E-state index contributed by atoms with van der Waals surface area (Å²) in [7, 11) is 0. The number of hydrogen-bond donors (Lipinski definition) is 0. The van der Waals surface area contributed by atoms with Crippen molar-refractivity contribution < 1.29 is 4.74 Å². The summed E-state index contributed by atoms with van der Waals surface area (Å²) in [4.78, 5) is 7.88. The van der Waals surface area contributed by atoms with Crippen LogP contribution in [-0.2, 0) is 5.88 Å². The third kappa shape index (κ3) is 2.87. The van der Waals surface area contributed by atoms with Crippen LogP contribution in [0.3, 0.4) is 0 Å². The Morgan fingerprint density at radius 3 is 2.53 bits per heavy atom. The molecule has 0 spiro atoms. The van der Waals surface area contributed by atoms with Gasteiger partial charge in [-0.05, 0) is 19.1 Å². The molecule has 5 heteroatoms. The highest BCUT2D eigenvalue weighted by molar-refractivity contribution is 6.31. The minimum absolute atomic E-state index is 0.209.